The van der Waals surface area contributed by atoms with Crippen molar-refractivity contribution in [3.63, 3.8) is 0 Å². The zero-order valence-corrected chi connectivity index (χ0v) is 15.1. The van der Waals surface area contributed by atoms with Gasteiger partial charge in [-0.05, 0) is 37.3 Å². The Balaban J connectivity index is 1.65. The van der Waals surface area contributed by atoms with Gasteiger partial charge in [0.15, 0.2) is 0 Å². The normalized spacial score (nSPS) is 11.1. The Morgan fingerprint density at radius 3 is 2.50 bits per heavy atom. The highest BCUT2D eigenvalue weighted by Crippen LogP contribution is 2.20. The smallest absolute Gasteiger partial charge is 0.247 e. The lowest BCUT2D eigenvalue weighted by molar-refractivity contribution is -0.130. The number of carbonyl (C=O) groups is 2. The summed E-state index contributed by atoms with van der Waals surface area (Å²) < 4.78 is 32.9. The van der Waals surface area contributed by atoms with Gasteiger partial charge in [0.05, 0.1) is 0 Å². The van der Waals surface area contributed by atoms with Gasteiger partial charge in [0.25, 0.3) is 0 Å². The van der Waals surface area contributed by atoms with Gasteiger partial charge in [-0.1, -0.05) is 24.3 Å². The predicted octanol–water partition coefficient (Wildman–Crippen LogP) is 4.21. The van der Waals surface area contributed by atoms with E-state index < -0.39 is 29.1 Å². The van der Waals surface area contributed by atoms with Crippen molar-refractivity contribution in [3.05, 3.63) is 72.0 Å². The number of rotatable bonds is 6. The number of para-hydroxylation sites is 2. The molecule has 0 aliphatic heterocycles. The summed E-state index contributed by atoms with van der Waals surface area (Å²) in [5.41, 5.74) is 0.169. The van der Waals surface area contributed by atoms with Gasteiger partial charge in [-0.15, -0.1) is 0 Å². The van der Waals surface area contributed by atoms with Crippen LogP contribution in [0, 0.1) is 11.6 Å². The molecule has 28 heavy (non-hydrogen) atoms. The molecule has 0 saturated heterocycles. The predicted molar refractivity (Wildman–Crippen MR) is 102 cm³/mol. The van der Waals surface area contributed by atoms with Crippen molar-refractivity contribution in [1.29, 1.82) is 0 Å². The third-order valence-electron chi connectivity index (χ3n) is 4.09. The maximum Gasteiger partial charge on any atom is 0.247 e. The van der Waals surface area contributed by atoms with Gasteiger partial charge >= 0.3 is 0 Å². The van der Waals surface area contributed by atoms with Crippen LogP contribution in [-0.2, 0) is 9.59 Å². The van der Waals surface area contributed by atoms with Gasteiger partial charge in [0.1, 0.15) is 35.2 Å². The van der Waals surface area contributed by atoms with Crippen molar-refractivity contribution in [1.82, 2.24) is 4.90 Å². The molecule has 0 saturated carbocycles. The van der Waals surface area contributed by atoms with Crippen LogP contribution >= 0.6 is 0 Å². The number of furan rings is 1. The third kappa shape index (κ3) is 4.43. The topological polar surface area (TPSA) is 62.6 Å². The standard InChI is InChI=1S/C21H18F2N2O3/c1-2-25(13-19(26)24-21-16(22)7-5-8-17(21)23)20(27)11-10-15-12-14-6-3-4-9-18(14)28-15/h3-12H,2,13H2,1H3,(H,24,26)/b11-10+. The number of amides is 2. The van der Waals surface area contributed by atoms with Gasteiger partial charge in [-0.2, -0.15) is 0 Å². The molecular weight excluding hydrogens is 366 g/mol. The number of hydrogen-bond acceptors (Lipinski definition) is 3. The van der Waals surface area contributed by atoms with E-state index in [1.54, 1.807) is 13.0 Å². The summed E-state index contributed by atoms with van der Waals surface area (Å²) in [6, 6.07) is 12.5. The maximum atomic E-state index is 13.6. The molecule has 0 spiro atoms. The van der Waals surface area contributed by atoms with E-state index in [0.717, 1.165) is 17.5 Å². The van der Waals surface area contributed by atoms with Gasteiger partial charge in [0.2, 0.25) is 11.8 Å². The highest BCUT2D eigenvalue weighted by atomic mass is 19.1. The first-order chi connectivity index (χ1) is 13.5. The molecule has 2 amide bonds. The van der Waals surface area contributed by atoms with Crippen molar-refractivity contribution >= 4 is 34.5 Å². The molecule has 1 aromatic heterocycles. The minimum absolute atomic E-state index is 0.247. The van der Waals surface area contributed by atoms with Gasteiger partial charge < -0.3 is 14.6 Å². The molecule has 0 unspecified atom stereocenters. The van der Waals surface area contributed by atoms with Crippen LogP contribution in [0.4, 0.5) is 14.5 Å². The van der Waals surface area contributed by atoms with E-state index in [4.69, 9.17) is 4.42 Å². The Labute approximate surface area is 160 Å². The summed E-state index contributed by atoms with van der Waals surface area (Å²) in [7, 11) is 0. The first-order valence-corrected chi connectivity index (χ1v) is 8.67. The fraction of sp³-hybridized carbons (Fsp3) is 0.143. The maximum absolute atomic E-state index is 13.6. The van der Waals surface area contributed by atoms with Crippen molar-refractivity contribution < 1.29 is 22.8 Å². The zero-order chi connectivity index (χ0) is 20.1. The number of nitrogens with zero attached hydrogens (tertiary/aromatic N) is 1. The number of likely N-dealkylation sites (N-methyl/N-ethyl adjacent to an activating group) is 1. The quantitative estimate of drug-likeness (QED) is 0.648. The minimum atomic E-state index is -0.882. The molecule has 3 rings (SSSR count). The summed E-state index contributed by atoms with van der Waals surface area (Å²) in [6.45, 7) is 1.61. The highest BCUT2D eigenvalue weighted by Gasteiger charge is 2.17. The van der Waals surface area contributed by atoms with Crippen molar-refractivity contribution in [3.8, 4) is 0 Å². The average molecular weight is 384 g/mol. The summed E-state index contributed by atoms with van der Waals surface area (Å²) >= 11 is 0. The fourth-order valence-electron chi connectivity index (χ4n) is 2.66. The first-order valence-electron chi connectivity index (χ1n) is 8.67. The number of carbonyl (C=O) groups excluding carboxylic acids is 2. The molecule has 0 fully saturated rings. The highest BCUT2D eigenvalue weighted by molar-refractivity contribution is 5.98. The molecule has 5 nitrogen and oxygen atoms in total. The van der Waals surface area contributed by atoms with Crippen LogP contribution in [0.1, 0.15) is 12.7 Å². The number of hydrogen-bond donors (Lipinski definition) is 1. The van der Waals surface area contributed by atoms with Crippen LogP contribution in [0.2, 0.25) is 0 Å². The molecule has 3 aromatic rings. The molecule has 0 aliphatic rings. The first kappa shape index (κ1) is 19.3. The zero-order valence-electron chi connectivity index (χ0n) is 15.1. The van der Waals surface area contributed by atoms with Crippen LogP contribution in [0.25, 0.3) is 17.0 Å². The van der Waals surface area contributed by atoms with E-state index >= 15 is 0 Å². The van der Waals surface area contributed by atoms with Crippen LogP contribution < -0.4 is 5.32 Å². The summed E-state index contributed by atoms with van der Waals surface area (Å²) in [5, 5.41) is 3.07. The number of nitrogens with one attached hydrogen (secondary N) is 1. The SMILES string of the molecule is CCN(CC(=O)Nc1c(F)cccc1F)C(=O)/C=C/c1cc2ccccc2o1. The molecule has 1 N–H and O–H groups in total. The van der Waals surface area contributed by atoms with Gasteiger partial charge in [0, 0.05) is 18.0 Å². The Bertz CT molecular complexity index is 990. The Morgan fingerprint density at radius 1 is 1.11 bits per heavy atom. The number of benzene rings is 2. The third-order valence-corrected chi connectivity index (χ3v) is 4.09. The molecule has 0 radical (unpaired) electrons. The van der Waals surface area contributed by atoms with E-state index in [1.165, 1.54) is 23.1 Å². The Hall–Kier alpha value is -3.48. The molecule has 0 atom stereocenters. The van der Waals surface area contributed by atoms with E-state index in [-0.39, 0.29) is 13.1 Å². The second kappa shape index (κ2) is 8.47. The number of fused-ring (bicyclic) bond motifs is 1. The monoisotopic (exact) mass is 384 g/mol. The molecule has 1 heterocycles. The molecule has 7 heteroatoms. The second-order valence-corrected chi connectivity index (χ2v) is 6.02. The summed E-state index contributed by atoms with van der Waals surface area (Å²) in [5.74, 6) is -2.38. The molecule has 0 bridgehead atoms. The number of anilines is 1. The van der Waals surface area contributed by atoms with Gasteiger partial charge in [-0.25, -0.2) is 8.78 Å². The lowest BCUT2D eigenvalue weighted by atomic mass is 10.2. The van der Waals surface area contributed by atoms with Crippen molar-refractivity contribution in [2.45, 2.75) is 6.92 Å². The average Bonchev–Trinajstić information content (AvgIpc) is 3.10. The summed E-state index contributed by atoms with van der Waals surface area (Å²) in [6.07, 6.45) is 2.80. The molecule has 144 valence electrons. The second-order valence-electron chi connectivity index (χ2n) is 6.02. The van der Waals surface area contributed by atoms with E-state index in [9.17, 15) is 18.4 Å². The van der Waals surface area contributed by atoms with Gasteiger partial charge in [-0.3, -0.25) is 9.59 Å². The van der Waals surface area contributed by atoms with E-state index in [1.807, 2.05) is 24.3 Å². The largest absolute Gasteiger partial charge is 0.457 e. The van der Waals surface area contributed by atoms with Crippen LogP contribution in [0.15, 0.2) is 59.0 Å². The molecule has 0 aliphatic carbocycles. The van der Waals surface area contributed by atoms with E-state index in [2.05, 4.69) is 5.32 Å². The fourth-order valence-corrected chi connectivity index (χ4v) is 2.66. The van der Waals surface area contributed by atoms with Crippen LogP contribution in [0.5, 0.6) is 0 Å². The summed E-state index contributed by atoms with van der Waals surface area (Å²) in [4.78, 5) is 25.7. The number of halogens is 2. The lowest BCUT2D eigenvalue weighted by Gasteiger charge is -2.18. The van der Waals surface area contributed by atoms with Crippen LogP contribution in [0.3, 0.4) is 0 Å². The van der Waals surface area contributed by atoms with Crippen LogP contribution in [-0.4, -0.2) is 29.8 Å². The lowest BCUT2D eigenvalue weighted by Crippen LogP contribution is -2.37. The minimum Gasteiger partial charge on any atom is -0.457 e. The Kier molecular flexibility index (Phi) is 5.84. The van der Waals surface area contributed by atoms with Crippen molar-refractivity contribution in [2.75, 3.05) is 18.4 Å². The Morgan fingerprint density at radius 2 is 1.82 bits per heavy atom. The van der Waals surface area contributed by atoms with E-state index in [0.29, 0.717) is 11.3 Å². The molecule has 2 aromatic carbocycles. The molecular formula is C21H18F2N2O3. The van der Waals surface area contributed by atoms with Crippen molar-refractivity contribution in [2.24, 2.45) is 0 Å².